The van der Waals surface area contributed by atoms with Crippen LogP contribution in [0.4, 0.5) is 0 Å². The number of hydrogen-bond acceptors (Lipinski definition) is 3. The molecule has 2 aromatic rings. The Labute approximate surface area is 126 Å². The first-order valence-electron chi connectivity index (χ1n) is 6.17. The summed E-state index contributed by atoms with van der Waals surface area (Å²) in [6.45, 7) is 1.91. The van der Waals surface area contributed by atoms with Crippen LogP contribution in [0.1, 0.15) is 29.0 Å². The largest absolute Gasteiger partial charge is 0.496 e. The molecule has 0 saturated carbocycles. The average molecular weight is 335 g/mol. The number of nitrogens with zero attached hydrogens (tertiary/aromatic N) is 1. The van der Waals surface area contributed by atoms with Gasteiger partial charge in [0.05, 0.1) is 13.2 Å². The van der Waals surface area contributed by atoms with Crippen molar-refractivity contribution in [3.05, 3.63) is 58.3 Å². The zero-order chi connectivity index (χ0) is 14.5. The standard InChI is InChI=1S/C15H15BrN2O2/c1-10(11-6-3-4-8-13(11)20-2)18-15(19)14-12(16)7-5-9-17-14/h3-10H,1-2H3,(H,18,19). The van der Waals surface area contributed by atoms with Gasteiger partial charge in [-0.15, -0.1) is 0 Å². The molecule has 1 heterocycles. The minimum absolute atomic E-state index is 0.174. The van der Waals surface area contributed by atoms with Crippen LogP contribution in [0, 0.1) is 0 Å². The molecule has 5 heteroatoms. The molecule has 1 unspecified atom stereocenters. The van der Waals surface area contributed by atoms with E-state index in [0.717, 1.165) is 11.3 Å². The second-order valence-corrected chi connectivity index (χ2v) is 5.13. The summed E-state index contributed by atoms with van der Waals surface area (Å²) in [5.41, 5.74) is 1.30. The number of carbonyl (C=O) groups is 1. The second-order valence-electron chi connectivity index (χ2n) is 4.27. The van der Waals surface area contributed by atoms with E-state index < -0.39 is 0 Å². The molecule has 1 N–H and O–H groups in total. The fourth-order valence-corrected chi connectivity index (χ4v) is 2.35. The van der Waals surface area contributed by atoms with Crippen molar-refractivity contribution in [3.8, 4) is 5.75 Å². The molecule has 0 radical (unpaired) electrons. The van der Waals surface area contributed by atoms with Gasteiger partial charge in [0.2, 0.25) is 0 Å². The number of benzene rings is 1. The van der Waals surface area contributed by atoms with Crippen molar-refractivity contribution in [2.75, 3.05) is 7.11 Å². The van der Waals surface area contributed by atoms with Gasteiger partial charge in [0.25, 0.3) is 5.91 Å². The van der Waals surface area contributed by atoms with Crippen LogP contribution in [-0.4, -0.2) is 18.0 Å². The van der Waals surface area contributed by atoms with Crippen molar-refractivity contribution in [3.63, 3.8) is 0 Å². The summed E-state index contributed by atoms with van der Waals surface area (Å²) in [6.07, 6.45) is 1.59. The van der Waals surface area contributed by atoms with Crippen LogP contribution in [0.25, 0.3) is 0 Å². The maximum absolute atomic E-state index is 12.2. The number of nitrogens with one attached hydrogen (secondary N) is 1. The van der Waals surface area contributed by atoms with E-state index in [1.165, 1.54) is 0 Å². The first-order valence-corrected chi connectivity index (χ1v) is 6.97. The number of rotatable bonds is 4. The van der Waals surface area contributed by atoms with E-state index in [-0.39, 0.29) is 11.9 Å². The van der Waals surface area contributed by atoms with Gasteiger partial charge in [-0.1, -0.05) is 18.2 Å². The fourth-order valence-electron chi connectivity index (χ4n) is 1.92. The minimum Gasteiger partial charge on any atom is -0.496 e. The lowest BCUT2D eigenvalue weighted by atomic mass is 10.1. The maximum Gasteiger partial charge on any atom is 0.271 e. The Bertz CT molecular complexity index is 616. The highest BCUT2D eigenvalue weighted by Crippen LogP contribution is 2.24. The first-order chi connectivity index (χ1) is 9.63. The van der Waals surface area contributed by atoms with Crippen LogP contribution < -0.4 is 10.1 Å². The van der Waals surface area contributed by atoms with Gasteiger partial charge >= 0.3 is 0 Å². The Kier molecular flexibility index (Phi) is 4.74. The van der Waals surface area contributed by atoms with Gasteiger partial charge in [-0.05, 0) is 41.1 Å². The molecule has 0 aliphatic carbocycles. The van der Waals surface area contributed by atoms with Gasteiger partial charge < -0.3 is 10.1 Å². The van der Waals surface area contributed by atoms with Crippen LogP contribution in [-0.2, 0) is 0 Å². The van der Waals surface area contributed by atoms with Gasteiger partial charge in [0.1, 0.15) is 11.4 Å². The van der Waals surface area contributed by atoms with E-state index in [1.54, 1.807) is 25.4 Å². The highest BCUT2D eigenvalue weighted by atomic mass is 79.9. The quantitative estimate of drug-likeness (QED) is 0.932. The predicted octanol–water partition coefficient (Wildman–Crippen LogP) is 3.34. The molecule has 1 atom stereocenters. The summed E-state index contributed by atoms with van der Waals surface area (Å²) >= 11 is 3.32. The topological polar surface area (TPSA) is 51.2 Å². The van der Waals surface area contributed by atoms with E-state index in [0.29, 0.717) is 10.2 Å². The summed E-state index contributed by atoms with van der Waals surface area (Å²) in [5, 5.41) is 2.92. The molecule has 1 aromatic carbocycles. The predicted molar refractivity (Wildman–Crippen MR) is 80.8 cm³/mol. The van der Waals surface area contributed by atoms with E-state index in [2.05, 4.69) is 26.2 Å². The van der Waals surface area contributed by atoms with Gasteiger partial charge in [0.15, 0.2) is 0 Å². The van der Waals surface area contributed by atoms with Crippen molar-refractivity contribution in [1.82, 2.24) is 10.3 Å². The highest BCUT2D eigenvalue weighted by molar-refractivity contribution is 9.10. The monoisotopic (exact) mass is 334 g/mol. The lowest BCUT2D eigenvalue weighted by molar-refractivity contribution is 0.0933. The molecule has 1 amide bonds. The SMILES string of the molecule is COc1ccccc1C(C)NC(=O)c1ncccc1Br. The number of halogens is 1. The number of amides is 1. The molecular formula is C15H15BrN2O2. The fraction of sp³-hybridized carbons (Fsp3) is 0.200. The number of para-hydroxylation sites is 1. The zero-order valence-corrected chi connectivity index (χ0v) is 12.8. The number of pyridine rings is 1. The number of ether oxygens (including phenoxy) is 1. The van der Waals surface area contributed by atoms with E-state index in [4.69, 9.17) is 4.74 Å². The van der Waals surface area contributed by atoms with Crippen LogP contribution in [0.5, 0.6) is 5.75 Å². The highest BCUT2D eigenvalue weighted by Gasteiger charge is 2.17. The molecule has 4 nitrogen and oxygen atoms in total. The van der Waals surface area contributed by atoms with Crippen LogP contribution in [0.3, 0.4) is 0 Å². The van der Waals surface area contributed by atoms with E-state index in [1.807, 2.05) is 31.2 Å². The van der Waals surface area contributed by atoms with Crippen LogP contribution in [0.2, 0.25) is 0 Å². The molecule has 0 aliphatic rings. The lowest BCUT2D eigenvalue weighted by Gasteiger charge is -2.17. The van der Waals surface area contributed by atoms with Crippen LogP contribution >= 0.6 is 15.9 Å². The Morgan fingerprint density at radius 3 is 2.75 bits per heavy atom. The summed E-state index contributed by atoms with van der Waals surface area (Å²) in [4.78, 5) is 16.3. The lowest BCUT2D eigenvalue weighted by Crippen LogP contribution is -2.28. The average Bonchev–Trinajstić information content (AvgIpc) is 2.47. The van der Waals surface area contributed by atoms with Gasteiger partial charge in [0, 0.05) is 16.2 Å². The molecule has 104 valence electrons. The van der Waals surface area contributed by atoms with Gasteiger partial charge in [-0.2, -0.15) is 0 Å². The third-order valence-corrected chi connectivity index (χ3v) is 3.57. The summed E-state index contributed by atoms with van der Waals surface area (Å²) in [5.74, 6) is 0.524. The summed E-state index contributed by atoms with van der Waals surface area (Å²) in [7, 11) is 1.61. The van der Waals surface area contributed by atoms with Crippen molar-refractivity contribution in [1.29, 1.82) is 0 Å². The number of aromatic nitrogens is 1. The Morgan fingerprint density at radius 1 is 1.30 bits per heavy atom. The summed E-state index contributed by atoms with van der Waals surface area (Å²) in [6, 6.07) is 11.0. The Morgan fingerprint density at radius 2 is 2.05 bits per heavy atom. The molecule has 0 aliphatic heterocycles. The van der Waals surface area contributed by atoms with Crippen LogP contribution in [0.15, 0.2) is 47.1 Å². The Hall–Kier alpha value is -1.88. The molecule has 2 rings (SSSR count). The van der Waals surface area contributed by atoms with Crippen molar-refractivity contribution < 1.29 is 9.53 Å². The Balaban J connectivity index is 2.18. The smallest absolute Gasteiger partial charge is 0.271 e. The van der Waals surface area contributed by atoms with E-state index in [9.17, 15) is 4.79 Å². The van der Waals surface area contributed by atoms with E-state index >= 15 is 0 Å². The molecule has 0 bridgehead atoms. The minimum atomic E-state index is -0.226. The van der Waals surface area contributed by atoms with Crippen molar-refractivity contribution >= 4 is 21.8 Å². The molecule has 0 saturated heterocycles. The first kappa shape index (κ1) is 14.5. The molecule has 0 fully saturated rings. The number of methoxy groups -OCH3 is 1. The normalized spacial score (nSPS) is 11.8. The zero-order valence-electron chi connectivity index (χ0n) is 11.3. The number of hydrogen-bond donors (Lipinski definition) is 1. The molecular weight excluding hydrogens is 320 g/mol. The molecule has 1 aromatic heterocycles. The van der Waals surface area contributed by atoms with Gasteiger partial charge in [-0.25, -0.2) is 4.98 Å². The van der Waals surface area contributed by atoms with Gasteiger partial charge in [-0.3, -0.25) is 4.79 Å². The summed E-state index contributed by atoms with van der Waals surface area (Å²) < 4.78 is 5.97. The maximum atomic E-state index is 12.2. The van der Waals surface area contributed by atoms with Crippen molar-refractivity contribution in [2.24, 2.45) is 0 Å². The third kappa shape index (κ3) is 3.17. The third-order valence-electron chi connectivity index (χ3n) is 2.93. The second kappa shape index (κ2) is 6.52. The molecule has 20 heavy (non-hydrogen) atoms. The van der Waals surface area contributed by atoms with Crippen molar-refractivity contribution in [2.45, 2.75) is 13.0 Å². The molecule has 0 spiro atoms. The number of carbonyl (C=O) groups excluding carboxylic acids is 1.